The molecule has 4 N–H and O–H groups in total. The smallest absolute Gasteiger partial charge is 0.191 e. The van der Waals surface area contributed by atoms with Crippen LogP contribution >= 0.6 is 0 Å². The maximum Gasteiger partial charge on any atom is 0.191 e. The molecule has 94 valence electrons. The number of nitrogens with zero attached hydrogens (tertiary/aromatic N) is 1. The van der Waals surface area contributed by atoms with E-state index in [2.05, 4.69) is 4.99 Å². The van der Waals surface area contributed by atoms with Crippen molar-refractivity contribution in [3.8, 4) is 0 Å². The molecular weight excluding hydrogens is 238 g/mol. The van der Waals surface area contributed by atoms with Gasteiger partial charge in [-0.15, -0.1) is 0 Å². The first-order valence-corrected chi connectivity index (χ1v) is 7.03. The topological polar surface area (TPSA) is 98.5 Å². The highest BCUT2D eigenvalue weighted by Crippen LogP contribution is 2.19. The molecule has 1 aromatic rings. The van der Waals surface area contributed by atoms with Gasteiger partial charge in [0.2, 0.25) is 0 Å². The number of nitrogens with two attached hydrogens (primary N) is 2. The van der Waals surface area contributed by atoms with E-state index in [-0.39, 0.29) is 16.6 Å². The third-order valence-corrected chi connectivity index (χ3v) is 4.00. The summed E-state index contributed by atoms with van der Waals surface area (Å²) in [6.07, 6.45) is 1.49. The molecule has 0 aliphatic heterocycles. The molecule has 0 atom stereocenters. The maximum atomic E-state index is 11.9. The molecule has 0 saturated carbocycles. The molecule has 0 unspecified atom stereocenters. The quantitative estimate of drug-likeness (QED) is 0.609. The number of benzene rings is 1. The molecule has 0 aliphatic carbocycles. The summed E-state index contributed by atoms with van der Waals surface area (Å²) in [4.78, 5) is 4.08. The maximum absolute atomic E-state index is 11.9. The Morgan fingerprint density at radius 3 is 2.65 bits per heavy atom. The van der Waals surface area contributed by atoms with Crippen molar-refractivity contribution in [3.63, 3.8) is 0 Å². The zero-order valence-corrected chi connectivity index (χ0v) is 10.6. The number of unbranched alkanes of at least 4 members (excludes halogenated alkanes) is 1. The van der Waals surface area contributed by atoms with Crippen LogP contribution in [0.15, 0.2) is 34.2 Å². The number of aliphatic imine (C=N–C) groups is 1. The number of hydrogen-bond donors (Lipinski definition) is 2. The zero-order chi connectivity index (χ0) is 12.9. The lowest BCUT2D eigenvalue weighted by molar-refractivity contribution is 0.592. The van der Waals surface area contributed by atoms with Gasteiger partial charge in [-0.05, 0) is 24.6 Å². The largest absolute Gasteiger partial charge is 0.370 e. The van der Waals surface area contributed by atoms with E-state index in [9.17, 15) is 8.42 Å². The molecule has 0 spiro atoms. The van der Waals surface area contributed by atoms with Crippen molar-refractivity contribution in [2.45, 2.75) is 24.7 Å². The standard InChI is InChI=1S/C11H17N3O2S/c1-2-3-7-17(15,16)10-6-4-5-9(8-10)14-11(12)13/h4-6,8H,2-3,7H2,1H3,(H4,12,13,14). The Balaban J connectivity index is 3.03. The Morgan fingerprint density at radius 2 is 2.06 bits per heavy atom. The first-order valence-electron chi connectivity index (χ1n) is 5.38. The second-order valence-electron chi connectivity index (χ2n) is 3.71. The van der Waals surface area contributed by atoms with Crippen LogP contribution in [-0.4, -0.2) is 20.1 Å². The van der Waals surface area contributed by atoms with Crippen LogP contribution in [-0.2, 0) is 9.84 Å². The van der Waals surface area contributed by atoms with E-state index in [1.807, 2.05) is 6.92 Å². The Morgan fingerprint density at radius 1 is 1.35 bits per heavy atom. The summed E-state index contributed by atoms with van der Waals surface area (Å²) in [6, 6.07) is 6.31. The summed E-state index contributed by atoms with van der Waals surface area (Å²) in [7, 11) is -3.23. The molecule has 0 amide bonds. The van der Waals surface area contributed by atoms with Crippen LogP contribution in [0, 0.1) is 0 Å². The molecule has 0 aromatic heterocycles. The van der Waals surface area contributed by atoms with Gasteiger partial charge in [0, 0.05) is 0 Å². The Kier molecular flexibility index (Phi) is 4.51. The van der Waals surface area contributed by atoms with Gasteiger partial charge >= 0.3 is 0 Å². The van der Waals surface area contributed by atoms with Gasteiger partial charge in [0.15, 0.2) is 15.8 Å². The van der Waals surface area contributed by atoms with Crippen LogP contribution in [0.2, 0.25) is 0 Å². The SMILES string of the molecule is CCCCS(=O)(=O)c1cccc(N=C(N)N)c1. The first kappa shape index (κ1) is 13.5. The summed E-state index contributed by atoms with van der Waals surface area (Å²) in [6.45, 7) is 1.95. The van der Waals surface area contributed by atoms with Gasteiger partial charge < -0.3 is 11.5 Å². The summed E-state index contributed by atoms with van der Waals surface area (Å²) in [5.74, 6) is 0.0579. The third-order valence-electron chi connectivity index (χ3n) is 2.20. The number of rotatable bonds is 5. The van der Waals surface area contributed by atoms with E-state index in [0.717, 1.165) is 6.42 Å². The molecule has 1 rings (SSSR count). The lowest BCUT2D eigenvalue weighted by Crippen LogP contribution is -2.21. The van der Waals surface area contributed by atoms with Crippen LogP contribution in [0.25, 0.3) is 0 Å². The van der Waals surface area contributed by atoms with E-state index >= 15 is 0 Å². The highest BCUT2D eigenvalue weighted by molar-refractivity contribution is 7.91. The van der Waals surface area contributed by atoms with Crippen molar-refractivity contribution in [1.82, 2.24) is 0 Å². The first-order chi connectivity index (χ1) is 7.95. The molecule has 0 saturated heterocycles. The lowest BCUT2D eigenvalue weighted by Gasteiger charge is -2.04. The molecule has 5 nitrogen and oxygen atoms in total. The normalized spacial score (nSPS) is 11.1. The number of sulfone groups is 1. The number of guanidine groups is 1. The summed E-state index contributed by atoms with van der Waals surface area (Å²) < 4.78 is 23.8. The van der Waals surface area contributed by atoms with Gasteiger partial charge in [-0.2, -0.15) is 0 Å². The van der Waals surface area contributed by atoms with Crippen molar-refractivity contribution in [2.75, 3.05) is 5.75 Å². The fourth-order valence-electron chi connectivity index (χ4n) is 1.35. The van der Waals surface area contributed by atoms with E-state index in [1.54, 1.807) is 18.2 Å². The van der Waals surface area contributed by atoms with Gasteiger partial charge in [0.05, 0.1) is 16.3 Å². The lowest BCUT2D eigenvalue weighted by atomic mass is 10.3. The van der Waals surface area contributed by atoms with Gasteiger partial charge in [0.1, 0.15) is 0 Å². The summed E-state index contributed by atoms with van der Waals surface area (Å²) >= 11 is 0. The average Bonchev–Trinajstić information content (AvgIpc) is 2.26. The molecule has 6 heteroatoms. The van der Waals surface area contributed by atoms with E-state index < -0.39 is 9.84 Å². The summed E-state index contributed by atoms with van der Waals surface area (Å²) in [5, 5.41) is 0. The third kappa shape index (κ3) is 4.07. The van der Waals surface area contributed by atoms with Crippen molar-refractivity contribution in [2.24, 2.45) is 16.5 Å². The molecule has 1 aromatic carbocycles. The highest BCUT2D eigenvalue weighted by atomic mass is 32.2. The highest BCUT2D eigenvalue weighted by Gasteiger charge is 2.13. The van der Waals surface area contributed by atoms with E-state index in [0.29, 0.717) is 12.1 Å². The Labute approximate surface area is 101 Å². The van der Waals surface area contributed by atoms with Crippen molar-refractivity contribution >= 4 is 21.5 Å². The predicted octanol–water partition coefficient (Wildman–Crippen LogP) is 1.17. The molecular formula is C11H17N3O2S. The van der Waals surface area contributed by atoms with Gasteiger partial charge in [-0.3, -0.25) is 0 Å². The fraction of sp³-hybridized carbons (Fsp3) is 0.364. The number of hydrogen-bond acceptors (Lipinski definition) is 3. The van der Waals surface area contributed by atoms with Gasteiger partial charge in [-0.25, -0.2) is 13.4 Å². The molecule has 0 fully saturated rings. The van der Waals surface area contributed by atoms with Crippen LogP contribution in [0.4, 0.5) is 5.69 Å². The van der Waals surface area contributed by atoms with Crippen LogP contribution in [0.1, 0.15) is 19.8 Å². The van der Waals surface area contributed by atoms with Crippen LogP contribution in [0.3, 0.4) is 0 Å². The van der Waals surface area contributed by atoms with Crippen molar-refractivity contribution < 1.29 is 8.42 Å². The molecule has 0 radical (unpaired) electrons. The monoisotopic (exact) mass is 255 g/mol. The minimum absolute atomic E-state index is 0.0897. The minimum atomic E-state index is -3.23. The zero-order valence-electron chi connectivity index (χ0n) is 9.76. The Bertz CT molecular complexity index is 505. The second kappa shape index (κ2) is 5.67. The van der Waals surface area contributed by atoms with Crippen LogP contribution in [0.5, 0.6) is 0 Å². The van der Waals surface area contributed by atoms with Crippen molar-refractivity contribution in [3.05, 3.63) is 24.3 Å². The van der Waals surface area contributed by atoms with Gasteiger partial charge in [0.25, 0.3) is 0 Å². The predicted molar refractivity (Wildman–Crippen MR) is 68.9 cm³/mol. The summed E-state index contributed by atoms with van der Waals surface area (Å²) in [5.41, 5.74) is 10.9. The molecule has 0 bridgehead atoms. The van der Waals surface area contributed by atoms with E-state index in [4.69, 9.17) is 11.5 Å². The minimum Gasteiger partial charge on any atom is -0.370 e. The van der Waals surface area contributed by atoms with Gasteiger partial charge in [-0.1, -0.05) is 19.4 Å². The van der Waals surface area contributed by atoms with Crippen molar-refractivity contribution in [1.29, 1.82) is 0 Å². The average molecular weight is 255 g/mol. The van der Waals surface area contributed by atoms with E-state index in [1.165, 1.54) is 6.07 Å². The molecule has 0 heterocycles. The fourth-order valence-corrected chi connectivity index (χ4v) is 2.84. The molecule has 0 aliphatic rings. The van der Waals surface area contributed by atoms with Crippen LogP contribution < -0.4 is 11.5 Å². The Hall–Kier alpha value is -1.56. The molecule has 17 heavy (non-hydrogen) atoms. The second-order valence-corrected chi connectivity index (χ2v) is 5.82.